The molecule has 3 unspecified atom stereocenters. The molecule has 0 N–H and O–H groups in total. The number of morpholine rings is 1. The SMILES string of the molecule is CC1COC(CCl)CN1C(=O)C1CCC(F)(F)C1. The Hall–Kier alpha value is -0.420. The smallest absolute Gasteiger partial charge is 0.248 e. The van der Waals surface area contributed by atoms with Crippen molar-refractivity contribution in [3.05, 3.63) is 0 Å². The number of ether oxygens (including phenoxy) is 1. The fourth-order valence-corrected chi connectivity index (χ4v) is 2.80. The molecule has 1 amide bonds. The van der Waals surface area contributed by atoms with Crippen LogP contribution in [0.4, 0.5) is 8.78 Å². The molecule has 0 spiro atoms. The zero-order valence-electron chi connectivity index (χ0n) is 10.4. The van der Waals surface area contributed by atoms with Crippen molar-refractivity contribution in [3.63, 3.8) is 0 Å². The minimum Gasteiger partial charge on any atom is -0.373 e. The summed E-state index contributed by atoms with van der Waals surface area (Å²) in [4.78, 5) is 13.9. The molecule has 3 nitrogen and oxygen atoms in total. The molecule has 6 heteroatoms. The topological polar surface area (TPSA) is 29.5 Å². The van der Waals surface area contributed by atoms with Gasteiger partial charge < -0.3 is 9.64 Å². The van der Waals surface area contributed by atoms with Gasteiger partial charge in [-0.15, -0.1) is 11.6 Å². The van der Waals surface area contributed by atoms with E-state index in [4.69, 9.17) is 16.3 Å². The largest absolute Gasteiger partial charge is 0.373 e. The van der Waals surface area contributed by atoms with Crippen LogP contribution >= 0.6 is 11.6 Å². The van der Waals surface area contributed by atoms with Crippen LogP contribution in [-0.4, -0.2) is 47.9 Å². The molecule has 0 bridgehead atoms. The maximum Gasteiger partial charge on any atom is 0.248 e. The molecule has 0 radical (unpaired) electrons. The van der Waals surface area contributed by atoms with E-state index in [1.165, 1.54) is 0 Å². The first-order chi connectivity index (χ1) is 8.43. The minimum atomic E-state index is -2.68. The van der Waals surface area contributed by atoms with Crippen molar-refractivity contribution < 1.29 is 18.3 Å². The van der Waals surface area contributed by atoms with Gasteiger partial charge in [-0.3, -0.25) is 4.79 Å². The number of nitrogens with zero attached hydrogens (tertiary/aromatic N) is 1. The maximum atomic E-state index is 13.1. The second-order valence-corrected chi connectivity index (χ2v) is 5.55. The molecule has 0 aromatic heterocycles. The highest BCUT2D eigenvalue weighted by Gasteiger charge is 2.45. The Morgan fingerprint density at radius 2 is 2.28 bits per heavy atom. The summed E-state index contributed by atoms with van der Waals surface area (Å²) in [6, 6.07) is -0.0637. The summed E-state index contributed by atoms with van der Waals surface area (Å²) in [6.45, 7) is 2.70. The first-order valence-electron chi connectivity index (χ1n) is 6.29. The number of carbonyl (C=O) groups is 1. The second-order valence-electron chi connectivity index (χ2n) is 5.24. The average Bonchev–Trinajstić information content (AvgIpc) is 2.69. The molecule has 1 aliphatic heterocycles. The third-order valence-electron chi connectivity index (χ3n) is 3.71. The van der Waals surface area contributed by atoms with Crippen molar-refractivity contribution in [2.24, 2.45) is 5.92 Å². The summed E-state index contributed by atoms with van der Waals surface area (Å²) in [5, 5.41) is 0. The molecule has 1 aliphatic carbocycles. The van der Waals surface area contributed by atoms with Crippen molar-refractivity contribution in [1.29, 1.82) is 0 Å². The Bertz CT molecular complexity index is 327. The van der Waals surface area contributed by atoms with E-state index in [1.54, 1.807) is 4.90 Å². The van der Waals surface area contributed by atoms with Crippen molar-refractivity contribution in [3.8, 4) is 0 Å². The lowest BCUT2D eigenvalue weighted by molar-refractivity contribution is -0.148. The molecule has 2 fully saturated rings. The van der Waals surface area contributed by atoms with Gasteiger partial charge >= 0.3 is 0 Å². The summed E-state index contributed by atoms with van der Waals surface area (Å²) >= 11 is 5.72. The third kappa shape index (κ3) is 2.94. The molecular weight excluding hydrogens is 264 g/mol. The normalized spacial score (nSPS) is 35.8. The third-order valence-corrected chi connectivity index (χ3v) is 4.06. The number of carbonyl (C=O) groups excluding carboxylic acids is 1. The van der Waals surface area contributed by atoms with Crippen LogP contribution in [0, 0.1) is 5.92 Å². The highest BCUT2D eigenvalue weighted by atomic mass is 35.5. The summed E-state index contributed by atoms with van der Waals surface area (Å²) in [7, 11) is 0. The van der Waals surface area contributed by atoms with E-state index < -0.39 is 11.8 Å². The lowest BCUT2D eigenvalue weighted by Crippen LogP contribution is -2.53. The zero-order chi connectivity index (χ0) is 13.3. The minimum absolute atomic E-state index is 0.0637. The molecule has 1 saturated heterocycles. The Morgan fingerprint density at radius 3 is 2.83 bits per heavy atom. The first kappa shape index (κ1) is 14.0. The lowest BCUT2D eigenvalue weighted by atomic mass is 10.0. The Labute approximate surface area is 110 Å². The van der Waals surface area contributed by atoms with Gasteiger partial charge in [-0.05, 0) is 13.3 Å². The van der Waals surface area contributed by atoms with Crippen LogP contribution in [0.15, 0.2) is 0 Å². The van der Waals surface area contributed by atoms with E-state index in [0.29, 0.717) is 19.0 Å². The van der Waals surface area contributed by atoms with Gasteiger partial charge in [0.15, 0.2) is 0 Å². The van der Waals surface area contributed by atoms with E-state index in [0.717, 1.165) is 0 Å². The summed E-state index contributed by atoms with van der Waals surface area (Å²) < 4.78 is 31.7. The highest BCUT2D eigenvalue weighted by Crippen LogP contribution is 2.40. The van der Waals surface area contributed by atoms with Gasteiger partial charge in [-0.2, -0.15) is 0 Å². The lowest BCUT2D eigenvalue weighted by Gasteiger charge is -2.38. The van der Waals surface area contributed by atoms with Crippen LogP contribution in [-0.2, 0) is 9.53 Å². The molecule has 1 saturated carbocycles. The number of rotatable bonds is 2. The molecule has 0 aromatic rings. The summed E-state index contributed by atoms with van der Waals surface area (Å²) in [6.07, 6.45) is -0.405. The van der Waals surface area contributed by atoms with E-state index >= 15 is 0 Å². The van der Waals surface area contributed by atoms with Crippen LogP contribution in [0.1, 0.15) is 26.2 Å². The van der Waals surface area contributed by atoms with Gasteiger partial charge in [0, 0.05) is 25.3 Å². The number of halogens is 3. The van der Waals surface area contributed by atoms with E-state index in [9.17, 15) is 13.6 Å². The molecular formula is C12H18ClF2NO2. The molecule has 3 atom stereocenters. The van der Waals surface area contributed by atoms with Crippen molar-refractivity contribution in [1.82, 2.24) is 4.90 Å². The predicted octanol–water partition coefficient (Wildman–Crippen LogP) is 2.28. The van der Waals surface area contributed by atoms with Crippen LogP contribution in [0.2, 0.25) is 0 Å². The van der Waals surface area contributed by atoms with Gasteiger partial charge in [0.1, 0.15) is 0 Å². The molecule has 18 heavy (non-hydrogen) atoms. The van der Waals surface area contributed by atoms with Gasteiger partial charge in [-0.1, -0.05) is 0 Å². The molecule has 1 heterocycles. The average molecular weight is 282 g/mol. The number of alkyl halides is 3. The zero-order valence-corrected chi connectivity index (χ0v) is 11.1. The molecule has 0 aromatic carbocycles. The standard InChI is InChI=1S/C12H18ClF2NO2/c1-8-7-18-10(5-13)6-16(8)11(17)9-2-3-12(14,15)4-9/h8-10H,2-7H2,1H3. The van der Waals surface area contributed by atoms with Crippen LogP contribution in [0.3, 0.4) is 0 Å². The Balaban J connectivity index is 1.99. The van der Waals surface area contributed by atoms with Crippen LogP contribution in [0.5, 0.6) is 0 Å². The maximum absolute atomic E-state index is 13.1. The van der Waals surface area contributed by atoms with Gasteiger partial charge in [-0.25, -0.2) is 8.78 Å². The van der Waals surface area contributed by atoms with Crippen LogP contribution in [0.25, 0.3) is 0 Å². The van der Waals surface area contributed by atoms with Crippen molar-refractivity contribution >= 4 is 17.5 Å². The van der Waals surface area contributed by atoms with Crippen LogP contribution < -0.4 is 0 Å². The number of hydrogen-bond acceptors (Lipinski definition) is 2. The number of amides is 1. The van der Waals surface area contributed by atoms with Gasteiger partial charge in [0.25, 0.3) is 0 Å². The molecule has 2 aliphatic rings. The summed E-state index contributed by atoms with van der Waals surface area (Å²) in [5.74, 6) is -3.08. The fourth-order valence-electron chi connectivity index (χ4n) is 2.61. The molecule has 2 rings (SSSR count). The summed E-state index contributed by atoms with van der Waals surface area (Å²) in [5.41, 5.74) is 0. The highest BCUT2D eigenvalue weighted by molar-refractivity contribution is 6.18. The Morgan fingerprint density at radius 1 is 1.56 bits per heavy atom. The quantitative estimate of drug-likeness (QED) is 0.727. The van der Waals surface area contributed by atoms with Gasteiger partial charge in [0.2, 0.25) is 11.8 Å². The first-order valence-corrected chi connectivity index (χ1v) is 6.82. The van der Waals surface area contributed by atoms with E-state index in [2.05, 4.69) is 0 Å². The molecule has 104 valence electrons. The Kier molecular flexibility index (Phi) is 4.11. The van der Waals surface area contributed by atoms with E-state index in [1.807, 2.05) is 6.92 Å². The van der Waals surface area contributed by atoms with Gasteiger partial charge in [0.05, 0.1) is 24.6 Å². The fraction of sp³-hybridized carbons (Fsp3) is 0.917. The second kappa shape index (κ2) is 5.29. The predicted molar refractivity (Wildman–Crippen MR) is 63.9 cm³/mol. The monoisotopic (exact) mass is 281 g/mol. The van der Waals surface area contributed by atoms with E-state index in [-0.39, 0.29) is 37.3 Å². The van der Waals surface area contributed by atoms with Crippen molar-refractivity contribution in [2.75, 3.05) is 19.0 Å². The van der Waals surface area contributed by atoms with Crippen molar-refractivity contribution in [2.45, 2.75) is 44.3 Å². The number of hydrogen-bond donors (Lipinski definition) is 0.